The summed E-state index contributed by atoms with van der Waals surface area (Å²) in [5, 5.41) is 0. The standard InChI is InChI=1S/C22H26N4O2/c1-24(2)16-21(28)25-12-9-22(10-13-25)14-20(27)26(17-6-5-11-23-15-17)19-8-4-3-7-18(19)22/h3-8,11,15H,9-10,12-14,16H2,1-2H3. The average molecular weight is 378 g/mol. The lowest BCUT2D eigenvalue weighted by Gasteiger charge is -2.47. The molecule has 0 saturated carbocycles. The normalized spacial score (nSPS) is 18.5. The quantitative estimate of drug-likeness (QED) is 0.824. The molecule has 1 aromatic carbocycles. The number of hydrogen-bond acceptors (Lipinski definition) is 4. The Labute approximate surface area is 165 Å². The van der Waals surface area contributed by atoms with E-state index in [1.165, 1.54) is 5.56 Å². The second-order valence-electron chi connectivity index (χ2n) is 8.03. The van der Waals surface area contributed by atoms with E-state index < -0.39 is 0 Å². The first-order chi connectivity index (χ1) is 13.5. The van der Waals surface area contributed by atoms with Crippen molar-refractivity contribution in [3.05, 3.63) is 54.4 Å². The monoisotopic (exact) mass is 378 g/mol. The third kappa shape index (κ3) is 3.29. The van der Waals surface area contributed by atoms with Gasteiger partial charge in [-0.3, -0.25) is 19.5 Å². The zero-order chi connectivity index (χ0) is 19.7. The average Bonchev–Trinajstić information content (AvgIpc) is 2.69. The van der Waals surface area contributed by atoms with E-state index in [4.69, 9.17) is 0 Å². The number of benzene rings is 1. The molecule has 0 atom stereocenters. The van der Waals surface area contributed by atoms with E-state index in [-0.39, 0.29) is 17.2 Å². The zero-order valence-corrected chi connectivity index (χ0v) is 16.5. The molecule has 3 heterocycles. The summed E-state index contributed by atoms with van der Waals surface area (Å²) >= 11 is 0. The van der Waals surface area contributed by atoms with Gasteiger partial charge in [0, 0.05) is 31.1 Å². The molecule has 0 bridgehead atoms. The Morgan fingerprint density at radius 2 is 1.89 bits per heavy atom. The summed E-state index contributed by atoms with van der Waals surface area (Å²) in [5.74, 6) is 0.257. The largest absolute Gasteiger partial charge is 0.342 e. The van der Waals surface area contributed by atoms with Gasteiger partial charge in [0.05, 0.1) is 24.1 Å². The van der Waals surface area contributed by atoms with Crippen LogP contribution in [0, 0.1) is 0 Å². The van der Waals surface area contributed by atoms with Gasteiger partial charge in [-0.2, -0.15) is 0 Å². The molecule has 6 heteroatoms. The summed E-state index contributed by atoms with van der Waals surface area (Å²) < 4.78 is 0. The fraction of sp³-hybridized carbons (Fsp3) is 0.409. The SMILES string of the molecule is CN(C)CC(=O)N1CCC2(CC1)CC(=O)N(c1cccnc1)c1ccccc12. The first kappa shape index (κ1) is 18.6. The molecule has 2 aromatic rings. The molecular formula is C22H26N4O2. The van der Waals surface area contributed by atoms with Crippen LogP contribution in [0.1, 0.15) is 24.8 Å². The van der Waals surface area contributed by atoms with Crippen LogP contribution in [0.15, 0.2) is 48.8 Å². The first-order valence-electron chi connectivity index (χ1n) is 9.75. The number of fused-ring (bicyclic) bond motifs is 2. The van der Waals surface area contributed by atoms with Gasteiger partial charge >= 0.3 is 0 Å². The van der Waals surface area contributed by atoms with Crippen LogP contribution < -0.4 is 4.90 Å². The van der Waals surface area contributed by atoms with Crippen molar-refractivity contribution >= 4 is 23.2 Å². The fourth-order valence-corrected chi connectivity index (χ4v) is 4.49. The van der Waals surface area contributed by atoms with E-state index in [1.54, 1.807) is 17.3 Å². The molecule has 1 fully saturated rings. The van der Waals surface area contributed by atoms with Crippen molar-refractivity contribution in [3.63, 3.8) is 0 Å². The Kier molecular flexibility index (Phi) is 4.89. The van der Waals surface area contributed by atoms with Crippen LogP contribution >= 0.6 is 0 Å². The molecule has 2 aliphatic rings. The third-order valence-corrected chi connectivity index (χ3v) is 5.88. The van der Waals surface area contributed by atoms with Crippen LogP contribution in [-0.4, -0.2) is 60.3 Å². The number of pyridine rings is 1. The Balaban J connectivity index is 1.63. The molecule has 6 nitrogen and oxygen atoms in total. The lowest BCUT2D eigenvalue weighted by molar-refractivity contribution is -0.133. The van der Waals surface area contributed by atoms with Crippen LogP contribution in [0.2, 0.25) is 0 Å². The first-order valence-corrected chi connectivity index (χ1v) is 9.75. The van der Waals surface area contributed by atoms with Crippen LogP contribution in [-0.2, 0) is 15.0 Å². The number of hydrogen-bond donors (Lipinski definition) is 0. The molecule has 1 saturated heterocycles. The number of carbonyl (C=O) groups is 2. The number of carbonyl (C=O) groups excluding carboxylic acids is 2. The molecule has 1 spiro atoms. The van der Waals surface area contributed by atoms with Crippen LogP contribution in [0.3, 0.4) is 0 Å². The van der Waals surface area contributed by atoms with Gasteiger partial charge in [0.1, 0.15) is 0 Å². The highest BCUT2D eigenvalue weighted by atomic mass is 16.2. The Hall–Kier alpha value is -2.73. The van der Waals surface area contributed by atoms with Crippen molar-refractivity contribution in [2.75, 3.05) is 38.6 Å². The third-order valence-electron chi connectivity index (χ3n) is 5.88. The predicted molar refractivity (Wildman–Crippen MR) is 108 cm³/mol. The van der Waals surface area contributed by atoms with Crippen molar-refractivity contribution in [2.45, 2.75) is 24.7 Å². The summed E-state index contributed by atoms with van der Waals surface area (Å²) in [6, 6.07) is 11.9. The smallest absolute Gasteiger partial charge is 0.236 e. The molecule has 2 amide bonds. The molecule has 4 rings (SSSR count). The molecule has 28 heavy (non-hydrogen) atoms. The van der Waals surface area contributed by atoms with Crippen molar-refractivity contribution in [1.29, 1.82) is 0 Å². The molecule has 0 aliphatic carbocycles. The minimum atomic E-state index is -0.193. The van der Waals surface area contributed by atoms with E-state index in [1.807, 2.05) is 54.2 Å². The van der Waals surface area contributed by atoms with Crippen molar-refractivity contribution < 1.29 is 9.59 Å². The van der Waals surface area contributed by atoms with E-state index in [9.17, 15) is 9.59 Å². The van der Waals surface area contributed by atoms with E-state index in [0.717, 1.165) is 24.2 Å². The molecule has 0 unspecified atom stereocenters. The summed E-state index contributed by atoms with van der Waals surface area (Å²) in [5.41, 5.74) is 2.76. The van der Waals surface area contributed by atoms with E-state index >= 15 is 0 Å². The minimum Gasteiger partial charge on any atom is -0.342 e. The molecule has 146 valence electrons. The van der Waals surface area contributed by atoms with Gasteiger partial charge in [0.25, 0.3) is 0 Å². The summed E-state index contributed by atoms with van der Waals surface area (Å²) in [4.78, 5) is 35.4. The van der Waals surface area contributed by atoms with Gasteiger partial charge in [0.15, 0.2) is 0 Å². The number of anilines is 2. The Morgan fingerprint density at radius 3 is 2.57 bits per heavy atom. The van der Waals surface area contributed by atoms with Crippen molar-refractivity contribution in [1.82, 2.24) is 14.8 Å². The lowest BCUT2D eigenvalue weighted by atomic mass is 9.67. The van der Waals surface area contributed by atoms with Crippen LogP contribution in [0.4, 0.5) is 11.4 Å². The molecule has 2 aliphatic heterocycles. The van der Waals surface area contributed by atoms with E-state index in [0.29, 0.717) is 26.1 Å². The summed E-state index contributed by atoms with van der Waals surface area (Å²) in [6.45, 7) is 1.82. The van der Waals surface area contributed by atoms with Gasteiger partial charge in [-0.05, 0) is 50.7 Å². The molecular weight excluding hydrogens is 352 g/mol. The maximum atomic E-state index is 13.2. The number of likely N-dealkylation sites (N-methyl/N-ethyl adjacent to an activating group) is 1. The number of rotatable bonds is 3. The van der Waals surface area contributed by atoms with E-state index in [2.05, 4.69) is 11.1 Å². The lowest BCUT2D eigenvalue weighted by Crippen LogP contribution is -2.51. The maximum Gasteiger partial charge on any atom is 0.236 e. The van der Waals surface area contributed by atoms with Crippen LogP contribution in [0.25, 0.3) is 0 Å². The zero-order valence-electron chi connectivity index (χ0n) is 16.5. The van der Waals surface area contributed by atoms with Crippen molar-refractivity contribution in [3.8, 4) is 0 Å². The molecule has 0 N–H and O–H groups in total. The number of aromatic nitrogens is 1. The number of piperidine rings is 1. The van der Waals surface area contributed by atoms with Gasteiger partial charge in [-0.1, -0.05) is 18.2 Å². The number of amides is 2. The molecule has 1 aromatic heterocycles. The highest BCUT2D eigenvalue weighted by Gasteiger charge is 2.45. The summed E-state index contributed by atoms with van der Waals surface area (Å²) in [6.07, 6.45) is 5.54. The summed E-state index contributed by atoms with van der Waals surface area (Å²) in [7, 11) is 3.82. The highest BCUT2D eigenvalue weighted by molar-refractivity contribution is 6.04. The topological polar surface area (TPSA) is 56.8 Å². The second-order valence-corrected chi connectivity index (χ2v) is 8.03. The molecule has 0 radical (unpaired) electrons. The highest BCUT2D eigenvalue weighted by Crippen LogP contribution is 2.48. The van der Waals surface area contributed by atoms with Crippen LogP contribution in [0.5, 0.6) is 0 Å². The van der Waals surface area contributed by atoms with Gasteiger partial charge in [0.2, 0.25) is 11.8 Å². The minimum absolute atomic E-state index is 0.0970. The fourth-order valence-electron chi connectivity index (χ4n) is 4.49. The number of para-hydroxylation sites is 1. The maximum absolute atomic E-state index is 13.2. The Morgan fingerprint density at radius 1 is 1.14 bits per heavy atom. The predicted octanol–water partition coefficient (Wildman–Crippen LogP) is 2.57. The Bertz CT molecular complexity index is 873. The second kappa shape index (κ2) is 7.36. The van der Waals surface area contributed by atoms with Crippen molar-refractivity contribution in [2.24, 2.45) is 0 Å². The number of likely N-dealkylation sites (tertiary alicyclic amines) is 1. The van der Waals surface area contributed by atoms with Gasteiger partial charge in [-0.15, -0.1) is 0 Å². The van der Waals surface area contributed by atoms with Gasteiger partial charge in [-0.25, -0.2) is 0 Å². The van der Waals surface area contributed by atoms with Gasteiger partial charge < -0.3 is 9.80 Å². The number of nitrogens with zero attached hydrogens (tertiary/aromatic N) is 4.